The maximum absolute atomic E-state index is 9.22. The Morgan fingerprint density at radius 2 is 2.14 bits per heavy atom. The summed E-state index contributed by atoms with van der Waals surface area (Å²) in [4.78, 5) is 0. The summed E-state index contributed by atoms with van der Waals surface area (Å²) >= 11 is 11.7. The zero-order chi connectivity index (χ0) is 10.6. The van der Waals surface area contributed by atoms with E-state index in [2.05, 4.69) is 5.32 Å². The zero-order valence-electron chi connectivity index (χ0n) is 7.50. The van der Waals surface area contributed by atoms with E-state index in [-0.39, 0.29) is 6.54 Å². The van der Waals surface area contributed by atoms with Gasteiger partial charge in [-0.1, -0.05) is 23.2 Å². The number of benzene rings is 1. The molecule has 0 amide bonds. The third-order valence-electron chi connectivity index (χ3n) is 1.73. The lowest BCUT2D eigenvalue weighted by molar-refractivity contribution is 0.196. The molecule has 0 saturated carbocycles. The number of rotatable bonds is 4. The topological polar surface area (TPSA) is 58.3 Å². The quantitative estimate of drug-likeness (QED) is 0.744. The van der Waals surface area contributed by atoms with Crippen molar-refractivity contribution in [3.8, 4) is 0 Å². The second-order valence-corrected chi connectivity index (χ2v) is 3.74. The second kappa shape index (κ2) is 5.41. The number of hydrogen-bond acceptors (Lipinski definition) is 3. The highest BCUT2D eigenvalue weighted by atomic mass is 35.5. The van der Waals surface area contributed by atoms with Crippen LogP contribution in [-0.2, 0) is 0 Å². The molecule has 14 heavy (non-hydrogen) atoms. The molecule has 0 radical (unpaired) electrons. The van der Waals surface area contributed by atoms with Gasteiger partial charge in [-0.3, -0.25) is 0 Å². The number of aliphatic hydroxyl groups excluding tert-OH is 1. The van der Waals surface area contributed by atoms with Gasteiger partial charge in [0, 0.05) is 18.1 Å². The van der Waals surface area contributed by atoms with Crippen LogP contribution in [0.1, 0.15) is 0 Å². The molecular weight excluding hydrogens is 223 g/mol. The van der Waals surface area contributed by atoms with Crippen LogP contribution in [0.4, 0.5) is 5.69 Å². The average molecular weight is 235 g/mol. The van der Waals surface area contributed by atoms with Crippen molar-refractivity contribution < 1.29 is 5.11 Å². The molecule has 3 nitrogen and oxygen atoms in total. The molecule has 1 rings (SSSR count). The molecule has 0 spiro atoms. The summed E-state index contributed by atoms with van der Waals surface area (Å²) in [6.45, 7) is 0.571. The smallest absolute Gasteiger partial charge is 0.0834 e. The molecule has 0 aliphatic heterocycles. The van der Waals surface area contributed by atoms with Crippen molar-refractivity contribution in [3.63, 3.8) is 0 Å². The highest BCUT2D eigenvalue weighted by Crippen LogP contribution is 2.25. The number of nitrogens with one attached hydrogen (secondary N) is 1. The van der Waals surface area contributed by atoms with Crippen LogP contribution in [0.25, 0.3) is 0 Å². The molecule has 1 atom stereocenters. The van der Waals surface area contributed by atoms with E-state index < -0.39 is 6.10 Å². The fourth-order valence-corrected chi connectivity index (χ4v) is 1.30. The van der Waals surface area contributed by atoms with E-state index in [1.165, 1.54) is 0 Å². The van der Waals surface area contributed by atoms with Gasteiger partial charge in [-0.15, -0.1) is 0 Å². The van der Waals surface area contributed by atoms with E-state index in [0.717, 1.165) is 0 Å². The minimum Gasteiger partial charge on any atom is -0.390 e. The van der Waals surface area contributed by atoms with Crippen molar-refractivity contribution in [2.24, 2.45) is 5.73 Å². The van der Waals surface area contributed by atoms with Gasteiger partial charge in [0.1, 0.15) is 0 Å². The molecule has 0 aliphatic carbocycles. The second-order valence-electron chi connectivity index (χ2n) is 2.89. The molecule has 4 N–H and O–H groups in total. The van der Waals surface area contributed by atoms with E-state index in [1.54, 1.807) is 18.2 Å². The maximum atomic E-state index is 9.22. The van der Waals surface area contributed by atoms with Gasteiger partial charge in [-0.2, -0.15) is 0 Å². The van der Waals surface area contributed by atoms with Crippen LogP contribution >= 0.6 is 23.2 Å². The molecule has 0 heterocycles. The van der Waals surface area contributed by atoms with Crippen molar-refractivity contribution in [1.29, 1.82) is 0 Å². The Bertz CT molecular complexity index is 307. The summed E-state index contributed by atoms with van der Waals surface area (Å²) in [6, 6.07) is 5.10. The Balaban J connectivity index is 2.62. The van der Waals surface area contributed by atoms with Crippen molar-refractivity contribution in [2.45, 2.75) is 6.10 Å². The van der Waals surface area contributed by atoms with Crippen LogP contribution < -0.4 is 11.1 Å². The lowest BCUT2D eigenvalue weighted by Gasteiger charge is -2.11. The van der Waals surface area contributed by atoms with Crippen LogP contribution in [-0.4, -0.2) is 24.3 Å². The van der Waals surface area contributed by atoms with Crippen molar-refractivity contribution in [2.75, 3.05) is 18.4 Å². The fourth-order valence-electron chi connectivity index (χ4n) is 0.944. The third-order valence-corrected chi connectivity index (χ3v) is 2.29. The van der Waals surface area contributed by atoms with Gasteiger partial charge in [-0.05, 0) is 18.2 Å². The molecule has 0 saturated heterocycles. The SMILES string of the molecule is NCC(O)CNc1cc(Cl)ccc1Cl. The van der Waals surface area contributed by atoms with Crippen molar-refractivity contribution in [3.05, 3.63) is 28.2 Å². The first kappa shape index (κ1) is 11.6. The summed E-state index contributed by atoms with van der Waals surface area (Å²) in [5.41, 5.74) is 5.96. The molecule has 0 bridgehead atoms. The highest BCUT2D eigenvalue weighted by Gasteiger charge is 2.03. The van der Waals surface area contributed by atoms with Gasteiger partial charge < -0.3 is 16.2 Å². The largest absolute Gasteiger partial charge is 0.390 e. The zero-order valence-corrected chi connectivity index (χ0v) is 9.02. The number of halogens is 2. The van der Waals surface area contributed by atoms with Crippen LogP contribution in [0.2, 0.25) is 10.0 Å². The molecule has 0 fully saturated rings. The van der Waals surface area contributed by atoms with Crippen molar-refractivity contribution in [1.82, 2.24) is 0 Å². The highest BCUT2D eigenvalue weighted by molar-refractivity contribution is 6.35. The molecular formula is C9H12Cl2N2O. The summed E-state index contributed by atoms with van der Waals surface area (Å²) in [6.07, 6.45) is -0.579. The number of aliphatic hydroxyl groups is 1. The normalized spacial score (nSPS) is 12.6. The van der Waals surface area contributed by atoms with Gasteiger partial charge in [0.05, 0.1) is 16.8 Å². The predicted molar refractivity (Wildman–Crippen MR) is 60.0 cm³/mol. The van der Waals surface area contributed by atoms with E-state index in [9.17, 15) is 5.11 Å². The average Bonchev–Trinajstić information content (AvgIpc) is 2.19. The van der Waals surface area contributed by atoms with Crippen LogP contribution in [0.15, 0.2) is 18.2 Å². The van der Waals surface area contributed by atoms with Gasteiger partial charge in [-0.25, -0.2) is 0 Å². The van der Waals surface area contributed by atoms with Gasteiger partial charge in [0.2, 0.25) is 0 Å². The standard InChI is InChI=1S/C9H12Cl2N2O/c10-6-1-2-8(11)9(3-6)13-5-7(14)4-12/h1-3,7,13-14H,4-5,12H2. The van der Waals surface area contributed by atoms with Crippen LogP contribution in [0, 0.1) is 0 Å². The van der Waals surface area contributed by atoms with Crippen molar-refractivity contribution >= 4 is 28.9 Å². The molecule has 5 heteroatoms. The Hall–Kier alpha value is -0.480. The van der Waals surface area contributed by atoms with Gasteiger partial charge in [0.15, 0.2) is 0 Å². The lowest BCUT2D eigenvalue weighted by Crippen LogP contribution is -2.27. The summed E-state index contributed by atoms with van der Waals surface area (Å²) < 4.78 is 0. The minimum atomic E-state index is -0.579. The first-order chi connectivity index (χ1) is 6.63. The van der Waals surface area contributed by atoms with Gasteiger partial charge >= 0.3 is 0 Å². The monoisotopic (exact) mass is 234 g/mol. The first-order valence-corrected chi connectivity index (χ1v) is 4.96. The molecule has 1 aromatic rings. The van der Waals surface area contributed by atoms with E-state index in [4.69, 9.17) is 28.9 Å². The van der Waals surface area contributed by atoms with Crippen LogP contribution in [0.3, 0.4) is 0 Å². The van der Waals surface area contributed by atoms with E-state index in [0.29, 0.717) is 22.3 Å². The Morgan fingerprint density at radius 3 is 2.79 bits per heavy atom. The first-order valence-electron chi connectivity index (χ1n) is 4.20. The number of nitrogens with two attached hydrogens (primary N) is 1. The predicted octanol–water partition coefficient (Wildman–Crippen LogP) is 1.72. The van der Waals surface area contributed by atoms with Crippen LogP contribution in [0.5, 0.6) is 0 Å². The molecule has 0 aliphatic rings. The summed E-state index contributed by atoms with van der Waals surface area (Å²) in [7, 11) is 0. The molecule has 0 aromatic heterocycles. The number of anilines is 1. The van der Waals surface area contributed by atoms with E-state index >= 15 is 0 Å². The summed E-state index contributed by atoms with van der Waals surface area (Å²) in [5.74, 6) is 0. The third kappa shape index (κ3) is 3.35. The maximum Gasteiger partial charge on any atom is 0.0834 e. The summed E-state index contributed by atoms with van der Waals surface area (Å²) in [5, 5.41) is 13.3. The Morgan fingerprint density at radius 1 is 1.43 bits per heavy atom. The molecule has 1 unspecified atom stereocenters. The lowest BCUT2D eigenvalue weighted by atomic mass is 10.3. The van der Waals surface area contributed by atoms with E-state index in [1.807, 2.05) is 0 Å². The number of hydrogen-bond donors (Lipinski definition) is 3. The minimum absolute atomic E-state index is 0.213. The Kier molecular flexibility index (Phi) is 4.48. The van der Waals surface area contributed by atoms with Gasteiger partial charge in [0.25, 0.3) is 0 Å². The Labute approximate surface area is 92.8 Å². The fraction of sp³-hybridized carbons (Fsp3) is 0.333. The molecule has 1 aromatic carbocycles. The molecule has 78 valence electrons.